The van der Waals surface area contributed by atoms with E-state index in [1.165, 1.54) is 5.56 Å². The number of rotatable bonds is 4. The van der Waals surface area contributed by atoms with E-state index >= 15 is 0 Å². The molecule has 2 aliphatic rings. The molecule has 0 aliphatic carbocycles. The van der Waals surface area contributed by atoms with Gasteiger partial charge in [-0.1, -0.05) is 0 Å². The summed E-state index contributed by atoms with van der Waals surface area (Å²) >= 11 is 0. The number of likely N-dealkylation sites (tertiary alicyclic amines) is 2. The molecule has 6 nitrogen and oxygen atoms in total. The normalized spacial score (nSPS) is 20.5. The zero-order valence-electron chi connectivity index (χ0n) is 14.0. The van der Waals surface area contributed by atoms with E-state index in [1.54, 1.807) is 17.3 Å². The largest absolute Gasteiger partial charge is 0.387 e. The van der Waals surface area contributed by atoms with Gasteiger partial charge in [0.1, 0.15) is 6.61 Å². The van der Waals surface area contributed by atoms with Gasteiger partial charge in [-0.3, -0.25) is 14.6 Å². The van der Waals surface area contributed by atoms with Crippen LogP contribution in [0.4, 0.5) is 0 Å². The first kappa shape index (κ1) is 16.9. The molecule has 0 bridgehead atoms. The molecule has 24 heavy (non-hydrogen) atoms. The molecule has 1 aromatic rings. The number of amides is 2. The van der Waals surface area contributed by atoms with Crippen LogP contribution in [0.3, 0.4) is 0 Å². The molecule has 6 heteroatoms. The van der Waals surface area contributed by atoms with Gasteiger partial charge in [0.15, 0.2) is 0 Å². The number of pyridine rings is 1. The lowest BCUT2D eigenvalue weighted by atomic mass is 9.72. The topological polar surface area (TPSA) is 73.7 Å². The molecule has 1 spiro atoms. The van der Waals surface area contributed by atoms with Crippen LogP contribution in [0.25, 0.3) is 0 Å². The third-order valence-electron chi connectivity index (χ3n) is 5.48. The summed E-state index contributed by atoms with van der Waals surface area (Å²) in [6.45, 7) is 2.49. The van der Waals surface area contributed by atoms with Gasteiger partial charge in [-0.2, -0.15) is 0 Å². The van der Waals surface area contributed by atoms with Crippen molar-refractivity contribution in [2.75, 3.05) is 32.8 Å². The maximum absolute atomic E-state index is 12.3. The van der Waals surface area contributed by atoms with Crippen molar-refractivity contribution in [1.29, 1.82) is 0 Å². The Morgan fingerprint density at radius 1 is 1.21 bits per heavy atom. The van der Waals surface area contributed by atoms with Crippen molar-refractivity contribution >= 4 is 11.8 Å². The summed E-state index contributed by atoms with van der Waals surface area (Å²) in [7, 11) is 0. The second kappa shape index (κ2) is 7.30. The van der Waals surface area contributed by atoms with E-state index in [-0.39, 0.29) is 17.2 Å². The molecule has 0 unspecified atom stereocenters. The van der Waals surface area contributed by atoms with Gasteiger partial charge >= 0.3 is 0 Å². The Balaban J connectivity index is 1.57. The summed E-state index contributed by atoms with van der Waals surface area (Å²) in [4.78, 5) is 31.7. The molecule has 0 radical (unpaired) electrons. The van der Waals surface area contributed by atoms with Crippen LogP contribution >= 0.6 is 0 Å². The molecular weight excluding hydrogens is 306 g/mol. The molecule has 3 heterocycles. The van der Waals surface area contributed by atoms with Crippen molar-refractivity contribution in [3.05, 3.63) is 30.1 Å². The number of carbonyl (C=O) groups is 2. The van der Waals surface area contributed by atoms with Crippen LogP contribution < -0.4 is 0 Å². The van der Waals surface area contributed by atoms with Crippen LogP contribution in [0.5, 0.6) is 0 Å². The predicted octanol–water partition coefficient (Wildman–Crippen LogP) is 0.848. The van der Waals surface area contributed by atoms with Crippen LogP contribution in [0, 0.1) is 5.41 Å². The summed E-state index contributed by atoms with van der Waals surface area (Å²) < 4.78 is 0. The number of hydrogen-bond acceptors (Lipinski definition) is 4. The SMILES string of the molecule is O=C(CO)N1CCC2(CCC(=O)N(CCc3ccncc3)C2)CC1. The van der Waals surface area contributed by atoms with Gasteiger partial charge in [0, 0.05) is 45.0 Å². The average Bonchev–Trinajstić information content (AvgIpc) is 2.63. The third-order valence-corrected chi connectivity index (χ3v) is 5.48. The number of carbonyl (C=O) groups excluding carboxylic acids is 2. The van der Waals surface area contributed by atoms with Crippen molar-refractivity contribution < 1.29 is 14.7 Å². The number of aliphatic hydroxyl groups excluding tert-OH is 1. The predicted molar refractivity (Wildman–Crippen MR) is 89.1 cm³/mol. The molecule has 0 saturated carbocycles. The molecule has 2 fully saturated rings. The third kappa shape index (κ3) is 3.75. The Morgan fingerprint density at radius 2 is 1.92 bits per heavy atom. The van der Waals surface area contributed by atoms with Gasteiger partial charge in [-0.05, 0) is 48.8 Å². The van der Waals surface area contributed by atoms with Crippen LogP contribution in [0.15, 0.2) is 24.5 Å². The van der Waals surface area contributed by atoms with E-state index in [2.05, 4.69) is 4.98 Å². The van der Waals surface area contributed by atoms with Gasteiger partial charge in [-0.15, -0.1) is 0 Å². The van der Waals surface area contributed by atoms with E-state index in [4.69, 9.17) is 5.11 Å². The fourth-order valence-electron chi connectivity index (χ4n) is 3.86. The van der Waals surface area contributed by atoms with Crippen LogP contribution in [-0.4, -0.2) is 64.5 Å². The van der Waals surface area contributed by atoms with Gasteiger partial charge in [-0.25, -0.2) is 0 Å². The van der Waals surface area contributed by atoms with Gasteiger partial charge < -0.3 is 14.9 Å². The first-order valence-corrected chi connectivity index (χ1v) is 8.67. The molecule has 0 atom stereocenters. The lowest BCUT2D eigenvalue weighted by Gasteiger charge is -2.47. The number of nitrogens with zero attached hydrogens (tertiary/aromatic N) is 3. The number of aliphatic hydroxyl groups is 1. The van der Waals surface area contributed by atoms with Gasteiger partial charge in [0.25, 0.3) is 0 Å². The molecule has 3 rings (SSSR count). The van der Waals surface area contributed by atoms with E-state index in [0.717, 1.165) is 38.8 Å². The van der Waals surface area contributed by atoms with Crippen LogP contribution in [-0.2, 0) is 16.0 Å². The standard InChI is InChI=1S/C18H25N3O3/c22-13-17(24)20-11-6-18(7-12-20)5-1-16(23)21(14-18)10-4-15-2-8-19-9-3-15/h2-3,8-9,22H,1,4-7,10-14H2. The van der Waals surface area contributed by atoms with Crippen molar-refractivity contribution in [2.24, 2.45) is 5.41 Å². The summed E-state index contributed by atoms with van der Waals surface area (Å²) in [6, 6.07) is 3.98. The first-order chi connectivity index (χ1) is 11.6. The molecule has 2 saturated heterocycles. The maximum atomic E-state index is 12.3. The number of aromatic nitrogens is 1. The zero-order chi connectivity index (χ0) is 17.0. The minimum absolute atomic E-state index is 0.137. The second-order valence-corrected chi connectivity index (χ2v) is 6.96. The number of piperidine rings is 2. The Bertz CT molecular complexity index is 582. The lowest BCUT2D eigenvalue weighted by Crippen LogP contribution is -2.53. The summed E-state index contributed by atoms with van der Waals surface area (Å²) in [5.41, 5.74) is 1.33. The molecule has 1 N–H and O–H groups in total. The smallest absolute Gasteiger partial charge is 0.248 e. The van der Waals surface area contributed by atoms with Crippen LogP contribution in [0.1, 0.15) is 31.2 Å². The average molecular weight is 331 g/mol. The molecule has 1 aromatic heterocycles. The van der Waals surface area contributed by atoms with E-state index in [0.29, 0.717) is 19.5 Å². The molecule has 0 aromatic carbocycles. The second-order valence-electron chi connectivity index (χ2n) is 6.96. The lowest BCUT2D eigenvalue weighted by molar-refractivity contribution is -0.143. The summed E-state index contributed by atoms with van der Waals surface area (Å²) in [5.74, 6) is 0.0508. The Labute approximate surface area is 142 Å². The van der Waals surface area contributed by atoms with Crippen molar-refractivity contribution in [2.45, 2.75) is 32.1 Å². The quantitative estimate of drug-likeness (QED) is 0.888. The highest BCUT2D eigenvalue weighted by molar-refractivity contribution is 5.78. The zero-order valence-corrected chi connectivity index (χ0v) is 14.0. The first-order valence-electron chi connectivity index (χ1n) is 8.67. The minimum atomic E-state index is -0.413. The Hall–Kier alpha value is -1.95. The Kier molecular flexibility index (Phi) is 5.14. The van der Waals surface area contributed by atoms with Gasteiger partial charge in [0.2, 0.25) is 11.8 Å². The Morgan fingerprint density at radius 3 is 2.58 bits per heavy atom. The monoisotopic (exact) mass is 331 g/mol. The van der Waals surface area contributed by atoms with Crippen molar-refractivity contribution in [3.63, 3.8) is 0 Å². The highest BCUT2D eigenvalue weighted by Gasteiger charge is 2.41. The van der Waals surface area contributed by atoms with E-state index in [1.807, 2.05) is 17.0 Å². The molecule has 2 amide bonds. The maximum Gasteiger partial charge on any atom is 0.248 e. The van der Waals surface area contributed by atoms with Crippen LogP contribution in [0.2, 0.25) is 0 Å². The fourth-order valence-corrected chi connectivity index (χ4v) is 3.86. The minimum Gasteiger partial charge on any atom is -0.387 e. The number of hydrogen-bond donors (Lipinski definition) is 1. The highest BCUT2D eigenvalue weighted by atomic mass is 16.3. The fraction of sp³-hybridized carbons (Fsp3) is 0.611. The molecular formula is C18H25N3O3. The highest BCUT2D eigenvalue weighted by Crippen LogP contribution is 2.40. The van der Waals surface area contributed by atoms with Crippen molar-refractivity contribution in [1.82, 2.24) is 14.8 Å². The summed E-state index contributed by atoms with van der Waals surface area (Å²) in [6.07, 6.45) is 7.75. The van der Waals surface area contributed by atoms with E-state index in [9.17, 15) is 9.59 Å². The molecule has 2 aliphatic heterocycles. The molecule has 130 valence electrons. The van der Waals surface area contributed by atoms with Crippen molar-refractivity contribution in [3.8, 4) is 0 Å². The van der Waals surface area contributed by atoms with Gasteiger partial charge in [0.05, 0.1) is 0 Å². The summed E-state index contributed by atoms with van der Waals surface area (Å²) in [5, 5.41) is 9.00. The van der Waals surface area contributed by atoms with E-state index < -0.39 is 6.61 Å².